The molecule has 1 aromatic rings. The van der Waals surface area contributed by atoms with Crippen LogP contribution in [0.25, 0.3) is 0 Å². The highest BCUT2D eigenvalue weighted by Crippen LogP contribution is 2.39. The SMILES string of the molecule is CCOC(=O)c1c(NC(=O)C(N)C(C)C)sc2c1CCC2. The third-order valence-corrected chi connectivity index (χ3v) is 4.87. The lowest BCUT2D eigenvalue weighted by Crippen LogP contribution is -2.39. The number of rotatable bonds is 5. The van der Waals surface area contributed by atoms with Gasteiger partial charge >= 0.3 is 5.97 Å². The van der Waals surface area contributed by atoms with Crippen molar-refractivity contribution < 1.29 is 14.3 Å². The first-order valence-corrected chi connectivity index (χ1v) is 8.15. The summed E-state index contributed by atoms with van der Waals surface area (Å²) in [4.78, 5) is 25.5. The maximum absolute atomic E-state index is 12.2. The minimum atomic E-state index is -0.586. The van der Waals surface area contributed by atoms with E-state index < -0.39 is 6.04 Å². The van der Waals surface area contributed by atoms with Crippen molar-refractivity contribution >= 4 is 28.2 Å². The molecule has 1 heterocycles. The molecule has 0 saturated heterocycles. The lowest BCUT2D eigenvalue weighted by Gasteiger charge is -2.15. The summed E-state index contributed by atoms with van der Waals surface area (Å²) in [5.74, 6) is -0.566. The Kier molecular flexibility index (Phi) is 5.00. The van der Waals surface area contributed by atoms with E-state index in [-0.39, 0.29) is 17.8 Å². The molecule has 1 aromatic heterocycles. The number of hydrogen-bond acceptors (Lipinski definition) is 5. The van der Waals surface area contributed by atoms with E-state index in [1.54, 1.807) is 6.92 Å². The number of aryl methyl sites for hydroxylation is 1. The van der Waals surface area contributed by atoms with E-state index in [9.17, 15) is 9.59 Å². The van der Waals surface area contributed by atoms with Gasteiger partial charge in [0.05, 0.1) is 18.2 Å². The maximum atomic E-state index is 12.2. The molecule has 6 heteroatoms. The third-order valence-electron chi connectivity index (χ3n) is 3.66. The van der Waals surface area contributed by atoms with Gasteiger partial charge in [0.2, 0.25) is 5.91 Å². The van der Waals surface area contributed by atoms with E-state index in [1.165, 1.54) is 16.2 Å². The minimum Gasteiger partial charge on any atom is -0.462 e. The van der Waals surface area contributed by atoms with Crippen LogP contribution in [0.3, 0.4) is 0 Å². The van der Waals surface area contributed by atoms with E-state index in [0.29, 0.717) is 17.2 Å². The molecule has 0 fully saturated rings. The van der Waals surface area contributed by atoms with Crippen LogP contribution in [0, 0.1) is 5.92 Å². The Morgan fingerprint density at radius 2 is 2.10 bits per heavy atom. The Morgan fingerprint density at radius 3 is 2.71 bits per heavy atom. The molecule has 1 aliphatic carbocycles. The molecule has 2 rings (SSSR count). The van der Waals surface area contributed by atoms with E-state index in [4.69, 9.17) is 10.5 Å². The molecule has 116 valence electrons. The summed E-state index contributed by atoms with van der Waals surface area (Å²) in [6.45, 7) is 5.88. The van der Waals surface area contributed by atoms with Gasteiger partial charge in [-0.25, -0.2) is 4.79 Å². The predicted molar refractivity (Wildman–Crippen MR) is 83.7 cm³/mol. The summed E-state index contributed by atoms with van der Waals surface area (Å²) in [5.41, 5.74) is 7.42. The van der Waals surface area contributed by atoms with Crippen molar-refractivity contribution in [2.24, 2.45) is 11.7 Å². The molecule has 5 nitrogen and oxygen atoms in total. The molecular formula is C15H22N2O3S. The highest BCUT2D eigenvalue weighted by Gasteiger charge is 2.29. The number of amides is 1. The van der Waals surface area contributed by atoms with Gasteiger partial charge in [-0.3, -0.25) is 4.79 Å². The number of nitrogens with two attached hydrogens (primary N) is 1. The topological polar surface area (TPSA) is 81.4 Å². The van der Waals surface area contributed by atoms with Gasteiger partial charge in [-0.1, -0.05) is 13.8 Å². The first-order valence-electron chi connectivity index (χ1n) is 7.33. The van der Waals surface area contributed by atoms with Crippen LogP contribution in [0.1, 0.15) is 48.0 Å². The Balaban J connectivity index is 2.27. The predicted octanol–water partition coefficient (Wildman–Crippen LogP) is 2.34. The summed E-state index contributed by atoms with van der Waals surface area (Å²) in [6.07, 6.45) is 2.87. The zero-order valence-corrected chi connectivity index (χ0v) is 13.5. The van der Waals surface area contributed by atoms with Gasteiger partial charge < -0.3 is 15.8 Å². The molecule has 0 bridgehead atoms. The van der Waals surface area contributed by atoms with E-state index in [0.717, 1.165) is 24.8 Å². The fourth-order valence-corrected chi connectivity index (χ4v) is 3.69. The number of nitrogens with one attached hydrogen (secondary N) is 1. The number of ether oxygens (including phenoxy) is 1. The standard InChI is InChI=1S/C15H22N2O3S/c1-4-20-15(19)11-9-6-5-7-10(9)21-14(11)17-13(18)12(16)8(2)3/h8,12H,4-7,16H2,1-3H3,(H,17,18). The van der Waals surface area contributed by atoms with Crippen molar-refractivity contribution in [1.82, 2.24) is 0 Å². The number of anilines is 1. The highest BCUT2D eigenvalue weighted by molar-refractivity contribution is 7.17. The van der Waals surface area contributed by atoms with Crippen molar-refractivity contribution in [2.45, 2.75) is 46.1 Å². The maximum Gasteiger partial charge on any atom is 0.341 e. The molecule has 0 saturated carbocycles. The summed E-state index contributed by atoms with van der Waals surface area (Å²) in [7, 11) is 0. The Hall–Kier alpha value is -1.40. The van der Waals surface area contributed by atoms with Crippen molar-refractivity contribution in [3.63, 3.8) is 0 Å². The summed E-state index contributed by atoms with van der Waals surface area (Å²) in [5, 5.41) is 3.40. The van der Waals surface area contributed by atoms with E-state index in [2.05, 4.69) is 5.32 Å². The Bertz CT molecular complexity index is 551. The molecule has 1 atom stereocenters. The van der Waals surface area contributed by atoms with Gasteiger partial charge in [-0.05, 0) is 37.7 Å². The first kappa shape index (κ1) is 16.0. The van der Waals surface area contributed by atoms with Crippen LogP contribution in [0.15, 0.2) is 0 Å². The van der Waals surface area contributed by atoms with Crippen molar-refractivity contribution in [2.75, 3.05) is 11.9 Å². The van der Waals surface area contributed by atoms with Crippen LogP contribution < -0.4 is 11.1 Å². The number of fused-ring (bicyclic) bond motifs is 1. The second-order valence-electron chi connectivity index (χ2n) is 5.54. The number of esters is 1. The molecule has 1 unspecified atom stereocenters. The summed E-state index contributed by atoms with van der Waals surface area (Å²) >= 11 is 1.47. The zero-order chi connectivity index (χ0) is 15.6. The first-order chi connectivity index (χ1) is 9.95. The zero-order valence-electron chi connectivity index (χ0n) is 12.7. The van der Waals surface area contributed by atoms with Gasteiger partial charge in [0.1, 0.15) is 5.00 Å². The lowest BCUT2D eigenvalue weighted by molar-refractivity contribution is -0.118. The van der Waals surface area contributed by atoms with Gasteiger partial charge in [-0.2, -0.15) is 0 Å². The molecule has 1 aliphatic rings. The number of carbonyl (C=O) groups is 2. The Morgan fingerprint density at radius 1 is 1.38 bits per heavy atom. The summed E-state index contributed by atoms with van der Waals surface area (Å²) in [6, 6.07) is -0.586. The van der Waals surface area contributed by atoms with Crippen LogP contribution in [-0.4, -0.2) is 24.5 Å². The second kappa shape index (κ2) is 6.58. The number of hydrogen-bond donors (Lipinski definition) is 2. The normalized spacial score (nSPS) is 14.9. The van der Waals surface area contributed by atoms with Crippen molar-refractivity contribution in [1.29, 1.82) is 0 Å². The number of thiophene rings is 1. The molecule has 21 heavy (non-hydrogen) atoms. The van der Waals surface area contributed by atoms with Crippen LogP contribution in [-0.2, 0) is 22.4 Å². The average Bonchev–Trinajstić information content (AvgIpc) is 2.97. The Labute approximate surface area is 128 Å². The molecule has 3 N–H and O–H groups in total. The number of carbonyl (C=O) groups excluding carboxylic acids is 2. The van der Waals surface area contributed by atoms with Gasteiger partial charge in [0.25, 0.3) is 0 Å². The molecule has 0 radical (unpaired) electrons. The van der Waals surface area contributed by atoms with E-state index >= 15 is 0 Å². The lowest BCUT2D eigenvalue weighted by atomic mass is 10.0. The molecule has 0 aliphatic heterocycles. The largest absolute Gasteiger partial charge is 0.462 e. The van der Waals surface area contributed by atoms with Gasteiger partial charge in [-0.15, -0.1) is 11.3 Å². The van der Waals surface area contributed by atoms with Gasteiger partial charge in [0, 0.05) is 4.88 Å². The average molecular weight is 310 g/mol. The summed E-state index contributed by atoms with van der Waals surface area (Å²) < 4.78 is 5.13. The molecular weight excluding hydrogens is 288 g/mol. The van der Waals surface area contributed by atoms with Crippen molar-refractivity contribution in [3.05, 3.63) is 16.0 Å². The van der Waals surface area contributed by atoms with Crippen LogP contribution in [0.4, 0.5) is 5.00 Å². The van der Waals surface area contributed by atoms with Gasteiger partial charge in [0.15, 0.2) is 0 Å². The van der Waals surface area contributed by atoms with Crippen LogP contribution in [0.2, 0.25) is 0 Å². The van der Waals surface area contributed by atoms with Crippen molar-refractivity contribution in [3.8, 4) is 0 Å². The molecule has 0 aromatic carbocycles. The molecule has 0 spiro atoms. The quantitative estimate of drug-likeness (QED) is 0.818. The fraction of sp³-hybridized carbons (Fsp3) is 0.600. The minimum absolute atomic E-state index is 0.0443. The monoisotopic (exact) mass is 310 g/mol. The van der Waals surface area contributed by atoms with Crippen LogP contribution in [0.5, 0.6) is 0 Å². The smallest absolute Gasteiger partial charge is 0.341 e. The molecule has 1 amide bonds. The third kappa shape index (κ3) is 3.27. The highest BCUT2D eigenvalue weighted by atomic mass is 32.1. The van der Waals surface area contributed by atoms with E-state index in [1.807, 2.05) is 13.8 Å². The fourth-order valence-electron chi connectivity index (χ4n) is 2.41. The second-order valence-corrected chi connectivity index (χ2v) is 6.65. The van der Waals surface area contributed by atoms with Crippen LogP contribution >= 0.6 is 11.3 Å².